The van der Waals surface area contributed by atoms with Gasteiger partial charge in [-0.3, -0.25) is 0 Å². The minimum absolute atomic E-state index is 0.291. The summed E-state index contributed by atoms with van der Waals surface area (Å²) < 4.78 is 6.11. The van der Waals surface area contributed by atoms with Crippen molar-refractivity contribution in [2.24, 2.45) is 11.8 Å². The molecule has 1 saturated heterocycles. The van der Waals surface area contributed by atoms with Crippen LogP contribution < -0.4 is 4.74 Å². The fraction of sp³-hybridized carbons (Fsp3) is 0.524. The van der Waals surface area contributed by atoms with Gasteiger partial charge >= 0.3 is 0 Å². The highest BCUT2D eigenvalue weighted by Crippen LogP contribution is 2.35. The lowest BCUT2D eigenvalue weighted by molar-refractivity contribution is 0.150. The number of aromatic amines is 1. The highest BCUT2D eigenvalue weighted by atomic mass is 35.5. The number of aromatic nitrogens is 1. The lowest BCUT2D eigenvalue weighted by atomic mass is 9.93. The maximum Gasteiger partial charge on any atom is 0.119 e. The van der Waals surface area contributed by atoms with Gasteiger partial charge < -0.3 is 14.6 Å². The van der Waals surface area contributed by atoms with Crippen LogP contribution in [0.25, 0.3) is 10.9 Å². The summed E-state index contributed by atoms with van der Waals surface area (Å²) in [5.41, 5.74) is 7.82. The molecule has 2 aliphatic rings. The monoisotopic (exact) mass is 644 g/mol. The molecule has 1 saturated carbocycles. The predicted octanol–water partition coefficient (Wildman–Crippen LogP) is 12.2. The van der Waals surface area contributed by atoms with Crippen molar-refractivity contribution in [2.75, 3.05) is 26.7 Å². The third kappa shape index (κ3) is 12.1. The van der Waals surface area contributed by atoms with E-state index in [4.69, 9.17) is 16.3 Å². The Morgan fingerprint density at radius 2 is 1.52 bits per heavy atom. The van der Waals surface area contributed by atoms with Crippen LogP contribution in [0.15, 0.2) is 66.7 Å². The summed E-state index contributed by atoms with van der Waals surface area (Å²) in [6.45, 7) is 18.1. The molecule has 252 valence electrons. The van der Waals surface area contributed by atoms with E-state index >= 15 is 0 Å². The molecule has 0 radical (unpaired) electrons. The number of likely N-dealkylation sites (tertiary alicyclic amines) is 1. The number of hydrogen-bond donors (Lipinski definition) is 1. The molecule has 2 unspecified atom stereocenters. The molecule has 2 heterocycles. The van der Waals surface area contributed by atoms with Crippen LogP contribution in [0.1, 0.15) is 113 Å². The van der Waals surface area contributed by atoms with Crippen LogP contribution in [0.3, 0.4) is 0 Å². The Morgan fingerprint density at radius 1 is 0.870 bits per heavy atom. The average molecular weight is 645 g/mol. The Labute approximate surface area is 286 Å². The lowest BCUT2D eigenvalue weighted by Gasteiger charge is -2.29. The Morgan fingerprint density at radius 3 is 2.07 bits per heavy atom. The zero-order chi connectivity index (χ0) is 33.5. The number of piperidine rings is 1. The van der Waals surface area contributed by atoms with Crippen molar-refractivity contribution in [2.45, 2.75) is 106 Å². The van der Waals surface area contributed by atoms with E-state index in [-0.39, 0.29) is 0 Å². The number of nitrogens with zero attached hydrogens (tertiary/aromatic N) is 1. The molecule has 1 N–H and O–H groups in total. The predicted molar refractivity (Wildman–Crippen MR) is 202 cm³/mol. The Balaban J connectivity index is 0.000000293. The molecule has 2 atom stereocenters. The molecule has 0 bridgehead atoms. The van der Waals surface area contributed by atoms with Gasteiger partial charge in [-0.05, 0) is 94.1 Å². The van der Waals surface area contributed by atoms with E-state index in [0.717, 1.165) is 42.7 Å². The topological polar surface area (TPSA) is 28.3 Å². The van der Waals surface area contributed by atoms with Gasteiger partial charge in [0.2, 0.25) is 0 Å². The third-order valence-corrected chi connectivity index (χ3v) is 9.27. The van der Waals surface area contributed by atoms with Crippen LogP contribution in [0.5, 0.6) is 5.75 Å². The fourth-order valence-electron chi connectivity index (χ4n) is 6.22. The molecule has 6 rings (SSSR count). The minimum atomic E-state index is 0.291. The largest absolute Gasteiger partial charge is 0.493 e. The first-order valence-corrected chi connectivity index (χ1v) is 18.4. The van der Waals surface area contributed by atoms with Crippen molar-refractivity contribution in [1.29, 1.82) is 0 Å². The summed E-state index contributed by atoms with van der Waals surface area (Å²) in [6.07, 6.45) is 10.6. The molecule has 3 aromatic carbocycles. The highest BCUT2D eigenvalue weighted by molar-refractivity contribution is 6.31. The second-order valence-corrected chi connectivity index (χ2v) is 13.7. The van der Waals surface area contributed by atoms with Crippen molar-refractivity contribution in [3.63, 3.8) is 0 Å². The van der Waals surface area contributed by atoms with Crippen molar-refractivity contribution in [3.05, 3.63) is 99.7 Å². The first-order valence-electron chi connectivity index (χ1n) is 18.0. The van der Waals surface area contributed by atoms with Gasteiger partial charge in [0.25, 0.3) is 0 Å². The summed E-state index contributed by atoms with van der Waals surface area (Å²) in [5.74, 6) is 3.04. The summed E-state index contributed by atoms with van der Waals surface area (Å²) >= 11 is 6.28. The van der Waals surface area contributed by atoms with Gasteiger partial charge in [-0.2, -0.15) is 0 Å². The van der Waals surface area contributed by atoms with Gasteiger partial charge in [0, 0.05) is 40.0 Å². The summed E-state index contributed by atoms with van der Waals surface area (Å²) in [5, 5.41) is 2.05. The van der Waals surface area contributed by atoms with E-state index in [1.165, 1.54) is 83.9 Å². The Bertz CT molecular complexity index is 1380. The van der Waals surface area contributed by atoms with Crippen molar-refractivity contribution >= 4 is 22.5 Å². The molecule has 2 fully saturated rings. The summed E-state index contributed by atoms with van der Waals surface area (Å²) in [7, 11) is 2.20. The van der Waals surface area contributed by atoms with Crippen LogP contribution in [0.2, 0.25) is 5.02 Å². The van der Waals surface area contributed by atoms with Crippen molar-refractivity contribution < 1.29 is 4.74 Å². The molecule has 1 aliphatic carbocycles. The third-order valence-electron chi connectivity index (χ3n) is 9.03. The molecular weight excluding hydrogens is 584 g/mol. The van der Waals surface area contributed by atoms with Crippen LogP contribution in [0, 0.1) is 25.7 Å². The molecule has 0 amide bonds. The maximum absolute atomic E-state index is 6.28. The maximum atomic E-state index is 6.28. The minimum Gasteiger partial charge on any atom is -0.493 e. The smallest absolute Gasteiger partial charge is 0.119 e. The van der Waals surface area contributed by atoms with E-state index in [2.05, 4.69) is 112 Å². The summed E-state index contributed by atoms with van der Waals surface area (Å²) in [6, 6.07) is 23.3. The molecule has 3 nitrogen and oxygen atoms in total. The molecule has 4 heteroatoms. The van der Waals surface area contributed by atoms with Crippen molar-refractivity contribution in [1.82, 2.24) is 9.88 Å². The SMILES string of the molecule is CC.CCCC1CC1.CCCc1c(C(C)c2ccc(OCC3CCCN(C)C3)cc2)[nH]c2ccc(Cl)cc12.Cc1ccc(C)cc1. The number of rotatable bonds is 9. The number of nitrogens with one attached hydrogen (secondary N) is 1. The zero-order valence-corrected chi connectivity index (χ0v) is 30.9. The van der Waals surface area contributed by atoms with Gasteiger partial charge in [0.05, 0.1) is 6.61 Å². The number of halogens is 1. The van der Waals surface area contributed by atoms with E-state index < -0.39 is 0 Å². The standard InChI is InChI=1S/C26H33ClN2O.C8H10.C6H12.C2H6/c1-4-6-23-24-15-21(27)10-13-25(24)28-26(23)18(2)20-8-11-22(12-9-20)30-17-19-7-5-14-29(3)16-19;1-7-3-5-8(2)6-4-7;1-2-3-6-4-5-6;1-2/h8-13,15,18-19,28H,4-7,14,16-17H2,1-3H3;3-6H,1-2H3;6H,2-5H2,1H3;1-2H3. The van der Waals surface area contributed by atoms with Crippen molar-refractivity contribution in [3.8, 4) is 5.75 Å². The molecule has 4 aromatic rings. The summed E-state index contributed by atoms with van der Waals surface area (Å²) in [4.78, 5) is 6.07. The first-order chi connectivity index (χ1) is 22.3. The van der Waals surface area contributed by atoms with E-state index in [9.17, 15) is 0 Å². The normalized spacial score (nSPS) is 16.7. The van der Waals surface area contributed by atoms with Crippen LogP contribution in [-0.4, -0.2) is 36.6 Å². The van der Waals surface area contributed by atoms with E-state index in [1.54, 1.807) is 0 Å². The second-order valence-electron chi connectivity index (χ2n) is 13.2. The molecular formula is C42H61ClN2O. The van der Waals surface area contributed by atoms with Crippen LogP contribution in [-0.2, 0) is 6.42 Å². The highest BCUT2D eigenvalue weighted by Gasteiger charge is 2.20. The van der Waals surface area contributed by atoms with Crippen LogP contribution in [0.4, 0.5) is 0 Å². The zero-order valence-electron chi connectivity index (χ0n) is 30.1. The molecule has 0 spiro atoms. The Hall–Kier alpha value is -2.75. The average Bonchev–Trinajstić information content (AvgIpc) is 3.83. The van der Waals surface area contributed by atoms with Gasteiger partial charge in [0.1, 0.15) is 5.75 Å². The van der Waals surface area contributed by atoms with E-state index in [1.807, 2.05) is 19.9 Å². The quantitative estimate of drug-likeness (QED) is 0.196. The Kier molecular flexibility index (Phi) is 16.2. The van der Waals surface area contributed by atoms with E-state index in [0.29, 0.717) is 11.8 Å². The number of fused-ring (bicyclic) bond motifs is 1. The number of H-pyrrole nitrogens is 1. The van der Waals surface area contributed by atoms with Gasteiger partial charge in [0.15, 0.2) is 0 Å². The van der Waals surface area contributed by atoms with Crippen LogP contribution >= 0.6 is 11.6 Å². The fourth-order valence-corrected chi connectivity index (χ4v) is 6.40. The number of hydrogen-bond acceptors (Lipinski definition) is 2. The van der Waals surface area contributed by atoms with Gasteiger partial charge in [-0.1, -0.05) is 126 Å². The number of aryl methyl sites for hydroxylation is 3. The number of benzene rings is 3. The molecule has 46 heavy (non-hydrogen) atoms. The second kappa shape index (κ2) is 19.8. The number of ether oxygens (including phenoxy) is 1. The molecule has 1 aliphatic heterocycles. The lowest BCUT2D eigenvalue weighted by Crippen LogP contribution is -2.34. The van der Waals surface area contributed by atoms with Gasteiger partial charge in [-0.15, -0.1) is 0 Å². The van der Waals surface area contributed by atoms with Gasteiger partial charge in [-0.25, -0.2) is 0 Å². The first kappa shape index (κ1) is 37.7. The molecule has 1 aromatic heterocycles.